The predicted molar refractivity (Wildman–Crippen MR) is 79.9 cm³/mol. The Labute approximate surface area is 120 Å². The molecule has 0 unspecified atom stereocenters. The highest BCUT2D eigenvalue weighted by molar-refractivity contribution is 5.98. The molecule has 0 saturated heterocycles. The van der Waals surface area contributed by atoms with Crippen LogP contribution >= 0.6 is 0 Å². The van der Waals surface area contributed by atoms with Crippen LogP contribution in [0.1, 0.15) is 61.0 Å². The standard InChI is InChI=1S/C17H23NO2/c1-12(2)18-17(20)10-9-16(19)15-8-7-13-5-3-4-6-14(13)11-15/h7-8,11-12H,3-6,9-10H2,1-2H3,(H,18,20). The second kappa shape index (κ2) is 6.69. The van der Waals surface area contributed by atoms with E-state index in [1.165, 1.54) is 24.0 Å². The van der Waals surface area contributed by atoms with Crippen molar-refractivity contribution in [2.45, 2.75) is 58.4 Å². The molecule has 0 saturated carbocycles. The smallest absolute Gasteiger partial charge is 0.220 e. The van der Waals surface area contributed by atoms with Crippen LogP contribution in [0, 0.1) is 0 Å². The lowest BCUT2D eigenvalue weighted by Crippen LogP contribution is -2.30. The maximum absolute atomic E-state index is 12.1. The fourth-order valence-electron chi connectivity index (χ4n) is 2.67. The largest absolute Gasteiger partial charge is 0.354 e. The molecule has 20 heavy (non-hydrogen) atoms. The van der Waals surface area contributed by atoms with Crippen LogP contribution in [-0.4, -0.2) is 17.7 Å². The van der Waals surface area contributed by atoms with Crippen LogP contribution in [0.15, 0.2) is 18.2 Å². The fraction of sp³-hybridized carbons (Fsp3) is 0.529. The summed E-state index contributed by atoms with van der Waals surface area (Å²) in [5, 5.41) is 2.81. The zero-order chi connectivity index (χ0) is 14.5. The molecule has 1 N–H and O–H groups in total. The van der Waals surface area contributed by atoms with Crippen LogP contribution in [0.3, 0.4) is 0 Å². The highest BCUT2D eigenvalue weighted by atomic mass is 16.2. The topological polar surface area (TPSA) is 46.2 Å². The first-order valence-electron chi connectivity index (χ1n) is 7.50. The van der Waals surface area contributed by atoms with Crippen LogP contribution in [0.25, 0.3) is 0 Å². The third-order valence-corrected chi connectivity index (χ3v) is 3.70. The molecule has 1 aromatic carbocycles. The molecule has 1 aromatic rings. The fourth-order valence-corrected chi connectivity index (χ4v) is 2.67. The van der Waals surface area contributed by atoms with Gasteiger partial charge in [0.1, 0.15) is 0 Å². The van der Waals surface area contributed by atoms with Crippen molar-refractivity contribution < 1.29 is 9.59 Å². The minimum atomic E-state index is -0.0497. The second-order valence-corrected chi connectivity index (χ2v) is 5.84. The van der Waals surface area contributed by atoms with E-state index in [4.69, 9.17) is 0 Å². The number of carbonyl (C=O) groups is 2. The SMILES string of the molecule is CC(C)NC(=O)CCC(=O)c1ccc2c(c1)CCCC2. The zero-order valence-electron chi connectivity index (χ0n) is 12.4. The summed E-state index contributed by atoms with van der Waals surface area (Å²) in [4.78, 5) is 23.7. The summed E-state index contributed by atoms with van der Waals surface area (Å²) in [6.45, 7) is 3.84. The highest BCUT2D eigenvalue weighted by Gasteiger charge is 2.14. The number of nitrogens with one attached hydrogen (secondary N) is 1. The van der Waals surface area contributed by atoms with Crippen molar-refractivity contribution >= 4 is 11.7 Å². The van der Waals surface area contributed by atoms with E-state index in [-0.39, 0.29) is 30.6 Å². The molecule has 0 aromatic heterocycles. The van der Waals surface area contributed by atoms with Crippen molar-refractivity contribution in [1.82, 2.24) is 5.32 Å². The lowest BCUT2D eigenvalue weighted by atomic mass is 9.89. The summed E-state index contributed by atoms with van der Waals surface area (Å²) in [5.74, 6) is 0.0172. The van der Waals surface area contributed by atoms with Crippen LogP contribution in [-0.2, 0) is 17.6 Å². The number of ketones is 1. The van der Waals surface area contributed by atoms with Gasteiger partial charge in [0.15, 0.2) is 5.78 Å². The molecule has 0 heterocycles. The molecule has 1 aliphatic carbocycles. The first-order chi connectivity index (χ1) is 9.56. The van der Waals surface area contributed by atoms with Gasteiger partial charge in [0, 0.05) is 24.4 Å². The third-order valence-electron chi connectivity index (χ3n) is 3.70. The molecule has 0 bridgehead atoms. The van der Waals surface area contributed by atoms with Crippen molar-refractivity contribution in [3.63, 3.8) is 0 Å². The Hall–Kier alpha value is -1.64. The van der Waals surface area contributed by atoms with Crippen LogP contribution in [0.5, 0.6) is 0 Å². The summed E-state index contributed by atoms with van der Waals surface area (Å²) in [6.07, 6.45) is 5.22. The highest BCUT2D eigenvalue weighted by Crippen LogP contribution is 2.22. The molecule has 0 radical (unpaired) electrons. The number of Topliss-reactive ketones (excluding diaryl/α,β-unsaturated/α-hetero) is 1. The van der Waals surface area contributed by atoms with E-state index in [2.05, 4.69) is 11.4 Å². The van der Waals surface area contributed by atoms with Gasteiger partial charge in [0.25, 0.3) is 0 Å². The number of benzene rings is 1. The van der Waals surface area contributed by atoms with E-state index in [1.54, 1.807) is 0 Å². The monoisotopic (exact) mass is 273 g/mol. The third kappa shape index (κ3) is 3.92. The van der Waals surface area contributed by atoms with Crippen molar-refractivity contribution in [2.24, 2.45) is 0 Å². The maximum Gasteiger partial charge on any atom is 0.220 e. The minimum Gasteiger partial charge on any atom is -0.354 e. The molecule has 1 aliphatic rings. The van der Waals surface area contributed by atoms with Crippen molar-refractivity contribution in [3.05, 3.63) is 34.9 Å². The van der Waals surface area contributed by atoms with Crippen molar-refractivity contribution in [3.8, 4) is 0 Å². The Kier molecular flexibility index (Phi) is 4.94. The summed E-state index contributed by atoms with van der Waals surface area (Å²) >= 11 is 0. The molecule has 1 amide bonds. The number of hydrogen-bond donors (Lipinski definition) is 1. The number of aryl methyl sites for hydroxylation is 2. The Balaban J connectivity index is 1.94. The van der Waals surface area contributed by atoms with E-state index >= 15 is 0 Å². The molecule has 108 valence electrons. The molecule has 2 rings (SSSR count). The quantitative estimate of drug-likeness (QED) is 0.838. The van der Waals surface area contributed by atoms with Crippen molar-refractivity contribution in [2.75, 3.05) is 0 Å². The number of rotatable bonds is 5. The van der Waals surface area contributed by atoms with Gasteiger partial charge in [-0.05, 0) is 56.7 Å². The first-order valence-corrected chi connectivity index (χ1v) is 7.50. The van der Waals surface area contributed by atoms with E-state index in [1.807, 2.05) is 26.0 Å². The number of carbonyl (C=O) groups excluding carboxylic acids is 2. The first kappa shape index (κ1) is 14.8. The number of hydrogen-bond acceptors (Lipinski definition) is 2. The molecular formula is C17H23NO2. The predicted octanol–water partition coefficient (Wildman–Crippen LogP) is 3.05. The van der Waals surface area contributed by atoms with E-state index in [9.17, 15) is 9.59 Å². The minimum absolute atomic E-state index is 0.0497. The van der Waals surface area contributed by atoms with Gasteiger partial charge in [0.05, 0.1) is 0 Å². The summed E-state index contributed by atoms with van der Waals surface area (Å²) < 4.78 is 0. The molecule has 3 heteroatoms. The zero-order valence-corrected chi connectivity index (χ0v) is 12.4. The van der Waals surface area contributed by atoms with Gasteiger partial charge < -0.3 is 5.32 Å². The Morgan fingerprint density at radius 1 is 1.10 bits per heavy atom. The number of fused-ring (bicyclic) bond motifs is 1. The van der Waals surface area contributed by atoms with Gasteiger partial charge in [-0.3, -0.25) is 9.59 Å². The van der Waals surface area contributed by atoms with E-state index < -0.39 is 0 Å². The summed E-state index contributed by atoms with van der Waals surface area (Å²) in [6, 6.07) is 6.14. The number of amides is 1. The lowest BCUT2D eigenvalue weighted by molar-refractivity contribution is -0.121. The molecule has 0 fully saturated rings. The maximum atomic E-state index is 12.1. The van der Waals surface area contributed by atoms with Gasteiger partial charge in [-0.15, -0.1) is 0 Å². The van der Waals surface area contributed by atoms with Crippen LogP contribution < -0.4 is 5.32 Å². The molecule has 0 spiro atoms. The molecular weight excluding hydrogens is 250 g/mol. The van der Waals surface area contributed by atoms with Gasteiger partial charge >= 0.3 is 0 Å². The van der Waals surface area contributed by atoms with Crippen LogP contribution in [0.2, 0.25) is 0 Å². The average molecular weight is 273 g/mol. The van der Waals surface area contributed by atoms with Crippen molar-refractivity contribution in [1.29, 1.82) is 0 Å². The molecule has 0 atom stereocenters. The van der Waals surface area contributed by atoms with Gasteiger partial charge in [0.2, 0.25) is 5.91 Å². The average Bonchev–Trinajstić information content (AvgIpc) is 2.43. The summed E-state index contributed by atoms with van der Waals surface area (Å²) in [7, 11) is 0. The van der Waals surface area contributed by atoms with Gasteiger partial charge in [-0.1, -0.05) is 12.1 Å². The molecule has 3 nitrogen and oxygen atoms in total. The Morgan fingerprint density at radius 2 is 1.80 bits per heavy atom. The van der Waals surface area contributed by atoms with E-state index in [0.29, 0.717) is 0 Å². The summed E-state index contributed by atoms with van der Waals surface area (Å²) in [5.41, 5.74) is 3.45. The lowest BCUT2D eigenvalue weighted by Gasteiger charge is -2.16. The normalized spacial score (nSPS) is 13.9. The second-order valence-electron chi connectivity index (χ2n) is 5.84. The van der Waals surface area contributed by atoms with E-state index in [0.717, 1.165) is 18.4 Å². The Bertz CT molecular complexity index is 506. The molecule has 0 aliphatic heterocycles. The van der Waals surface area contributed by atoms with Crippen LogP contribution in [0.4, 0.5) is 0 Å². The Morgan fingerprint density at radius 3 is 2.50 bits per heavy atom. The van der Waals surface area contributed by atoms with Gasteiger partial charge in [-0.2, -0.15) is 0 Å². The van der Waals surface area contributed by atoms with Gasteiger partial charge in [-0.25, -0.2) is 0 Å².